The van der Waals surface area contributed by atoms with Crippen molar-refractivity contribution in [1.29, 1.82) is 0 Å². The molecule has 0 atom stereocenters. The fourth-order valence-corrected chi connectivity index (χ4v) is 3.16. The Morgan fingerprint density at radius 2 is 1.86 bits per heavy atom. The summed E-state index contributed by atoms with van der Waals surface area (Å²) >= 11 is 1.58. The summed E-state index contributed by atoms with van der Waals surface area (Å²) in [6.07, 6.45) is 1.93. The summed E-state index contributed by atoms with van der Waals surface area (Å²) in [5.41, 5.74) is 0.989. The number of hydrogen-bond donors (Lipinski definition) is 2. The maximum Gasteiger partial charge on any atom is 0.136 e. The summed E-state index contributed by atoms with van der Waals surface area (Å²) < 4.78 is 10.6. The van der Waals surface area contributed by atoms with E-state index in [9.17, 15) is 5.11 Å². The summed E-state index contributed by atoms with van der Waals surface area (Å²) in [4.78, 5) is 5.22. The molecule has 0 aliphatic heterocycles. The highest BCUT2D eigenvalue weighted by Crippen LogP contribution is 2.40. The van der Waals surface area contributed by atoms with Crippen molar-refractivity contribution in [3.05, 3.63) is 42.6 Å². The summed E-state index contributed by atoms with van der Waals surface area (Å²) in [5.74, 6) is 1.77. The lowest BCUT2D eigenvalue weighted by molar-refractivity contribution is 0.387. The largest absolute Gasteiger partial charge is 0.508 e. The molecule has 0 bridgehead atoms. The first-order chi connectivity index (χ1) is 10.2. The van der Waals surface area contributed by atoms with Crippen LogP contribution in [0.3, 0.4) is 0 Å². The van der Waals surface area contributed by atoms with Crippen LogP contribution < -0.4 is 9.47 Å². The van der Waals surface area contributed by atoms with E-state index in [1.165, 1.54) is 0 Å². The van der Waals surface area contributed by atoms with Gasteiger partial charge in [0.05, 0.1) is 19.1 Å². The van der Waals surface area contributed by atoms with E-state index in [0.29, 0.717) is 0 Å². The number of aromatic hydroxyl groups is 1. The fraction of sp³-hybridized carbons (Fsp3) is 0.125. The average molecular weight is 301 g/mol. The topological polar surface area (TPSA) is 54.5 Å². The molecule has 0 saturated heterocycles. The van der Waals surface area contributed by atoms with Crippen LogP contribution >= 0.6 is 11.8 Å². The fourth-order valence-electron chi connectivity index (χ4n) is 2.15. The molecule has 2 aromatic carbocycles. The third-order valence-electron chi connectivity index (χ3n) is 3.22. The van der Waals surface area contributed by atoms with E-state index < -0.39 is 0 Å². The van der Waals surface area contributed by atoms with Crippen LogP contribution in [0.5, 0.6) is 17.2 Å². The van der Waals surface area contributed by atoms with Crippen molar-refractivity contribution in [2.45, 2.75) is 9.79 Å². The first kappa shape index (κ1) is 13.7. The van der Waals surface area contributed by atoms with Gasteiger partial charge in [0.2, 0.25) is 0 Å². The maximum atomic E-state index is 9.64. The summed E-state index contributed by atoms with van der Waals surface area (Å²) in [7, 11) is 3.27. The normalized spacial score (nSPS) is 10.8. The van der Waals surface area contributed by atoms with Gasteiger partial charge < -0.3 is 19.6 Å². The third-order valence-corrected chi connectivity index (χ3v) is 4.33. The van der Waals surface area contributed by atoms with Gasteiger partial charge in [-0.2, -0.15) is 0 Å². The number of methoxy groups -OCH3 is 2. The number of nitrogens with one attached hydrogen (secondary N) is 1. The lowest BCUT2D eigenvalue weighted by Crippen LogP contribution is -1.88. The van der Waals surface area contributed by atoms with Crippen molar-refractivity contribution in [2.75, 3.05) is 14.2 Å². The zero-order chi connectivity index (χ0) is 14.8. The van der Waals surface area contributed by atoms with Crippen LogP contribution in [0, 0.1) is 0 Å². The molecular weight excluding hydrogens is 286 g/mol. The zero-order valence-corrected chi connectivity index (χ0v) is 12.5. The molecule has 21 heavy (non-hydrogen) atoms. The van der Waals surface area contributed by atoms with Gasteiger partial charge in [-0.25, -0.2) is 0 Å². The van der Waals surface area contributed by atoms with Crippen molar-refractivity contribution < 1.29 is 14.6 Å². The van der Waals surface area contributed by atoms with Crippen molar-refractivity contribution in [3.8, 4) is 17.2 Å². The van der Waals surface area contributed by atoms with E-state index in [-0.39, 0.29) is 5.75 Å². The van der Waals surface area contributed by atoms with Crippen molar-refractivity contribution in [3.63, 3.8) is 0 Å². The molecule has 5 heteroatoms. The number of aromatic amines is 1. The molecular formula is C16H15NO3S. The molecule has 0 amide bonds. The minimum absolute atomic E-state index is 0.255. The minimum atomic E-state index is 0.255. The van der Waals surface area contributed by atoms with Crippen molar-refractivity contribution in [2.24, 2.45) is 0 Å². The highest BCUT2D eigenvalue weighted by molar-refractivity contribution is 7.99. The number of aromatic nitrogens is 1. The van der Waals surface area contributed by atoms with Gasteiger partial charge in [0.25, 0.3) is 0 Å². The second kappa shape index (κ2) is 5.61. The average Bonchev–Trinajstić information content (AvgIpc) is 2.90. The molecule has 2 N–H and O–H groups in total. The molecule has 0 saturated carbocycles. The van der Waals surface area contributed by atoms with Gasteiger partial charge in [-0.3, -0.25) is 0 Å². The predicted molar refractivity (Wildman–Crippen MR) is 83.6 cm³/mol. The Hall–Kier alpha value is -2.27. The lowest BCUT2D eigenvalue weighted by Gasteiger charge is -2.09. The van der Waals surface area contributed by atoms with Gasteiger partial charge in [0, 0.05) is 28.1 Å². The van der Waals surface area contributed by atoms with Crippen molar-refractivity contribution in [1.82, 2.24) is 4.98 Å². The smallest absolute Gasteiger partial charge is 0.136 e. The van der Waals surface area contributed by atoms with E-state index in [0.717, 1.165) is 32.2 Å². The molecule has 0 aliphatic carbocycles. The molecule has 0 radical (unpaired) electrons. The van der Waals surface area contributed by atoms with E-state index >= 15 is 0 Å². The second-order valence-corrected chi connectivity index (χ2v) is 5.59. The summed E-state index contributed by atoms with van der Waals surface area (Å²) in [5, 5.41) is 10.6. The SMILES string of the molecule is COc1ccc(Sc2c[nH]c3ccc(O)cc23)c(OC)c1. The standard InChI is InChI=1S/C16H15NO3S/c1-19-11-4-6-15(14(8-11)20-2)21-16-9-17-13-5-3-10(18)7-12(13)16/h3-9,17-18H,1-2H3. The van der Waals surface area contributed by atoms with Gasteiger partial charge in [-0.15, -0.1) is 0 Å². The molecule has 4 nitrogen and oxygen atoms in total. The monoisotopic (exact) mass is 301 g/mol. The van der Waals surface area contributed by atoms with E-state index in [2.05, 4.69) is 4.98 Å². The molecule has 0 aliphatic rings. The van der Waals surface area contributed by atoms with Gasteiger partial charge in [0.1, 0.15) is 17.2 Å². The Kier molecular flexibility index (Phi) is 3.66. The van der Waals surface area contributed by atoms with Crippen molar-refractivity contribution >= 4 is 22.7 Å². The highest BCUT2D eigenvalue weighted by Gasteiger charge is 2.11. The Morgan fingerprint density at radius 3 is 2.62 bits per heavy atom. The molecule has 1 aromatic heterocycles. The molecule has 1 heterocycles. The Labute approximate surface area is 126 Å². The predicted octanol–water partition coefficient (Wildman–Crippen LogP) is 4.04. The minimum Gasteiger partial charge on any atom is -0.508 e. The van der Waals surface area contributed by atoms with Crippen LogP contribution in [0.1, 0.15) is 0 Å². The summed E-state index contributed by atoms with van der Waals surface area (Å²) in [6.45, 7) is 0. The van der Waals surface area contributed by atoms with E-state index in [1.54, 1.807) is 38.1 Å². The third kappa shape index (κ3) is 2.64. The first-order valence-electron chi connectivity index (χ1n) is 6.41. The van der Waals surface area contributed by atoms with Gasteiger partial charge in [-0.05, 0) is 30.3 Å². The van der Waals surface area contributed by atoms with Crippen LogP contribution in [0.2, 0.25) is 0 Å². The molecule has 3 rings (SSSR count). The second-order valence-electron chi connectivity index (χ2n) is 4.50. The van der Waals surface area contributed by atoms with Gasteiger partial charge in [-0.1, -0.05) is 11.8 Å². The molecule has 3 aromatic rings. The number of phenolic OH excluding ortho intramolecular Hbond substituents is 1. The number of fused-ring (bicyclic) bond motifs is 1. The van der Waals surface area contributed by atoms with Crippen LogP contribution in [-0.4, -0.2) is 24.3 Å². The molecule has 108 valence electrons. The number of H-pyrrole nitrogens is 1. The maximum absolute atomic E-state index is 9.64. The number of hydrogen-bond acceptors (Lipinski definition) is 4. The Bertz CT molecular complexity index is 782. The number of rotatable bonds is 4. The van der Waals surface area contributed by atoms with Crippen LogP contribution in [0.25, 0.3) is 10.9 Å². The quantitative estimate of drug-likeness (QED) is 0.763. The number of benzene rings is 2. The zero-order valence-electron chi connectivity index (χ0n) is 11.7. The van der Waals surface area contributed by atoms with Gasteiger partial charge in [0.15, 0.2) is 0 Å². The number of ether oxygens (including phenoxy) is 2. The Morgan fingerprint density at radius 1 is 1.00 bits per heavy atom. The Balaban J connectivity index is 2.00. The highest BCUT2D eigenvalue weighted by atomic mass is 32.2. The first-order valence-corrected chi connectivity index (χ1v) is 7.23. The molecule has 0 fully saturated rings. The van der Waals surface area contributed by atoms with E-state index in [1.807, 2.05) is 30.5 Å². The van der Waals surface area contributed by atoms with Crippen LogP contribution in [-0.2, 0) is 0 Å². The molecule has 0 spiro atoms. The summed E-state index contributed by atoms with van der Waals surface area (Å²) in [6, 6.07) is 11.0. The number of phenols is 1. The van der Waals surface area contributed by atoms with Gasteiger partial charge >= 0.3 is 0 Å². The van der Waals surface area contributed by atoms with Crippen LogP contribution in [0.4, 0.5) is 0 Å². The lowest BCUT2D eigenvalue weighted by atomic mass is 10.2. The van der Waals surface area contributed by atoms with E-state index in [4.69, 9.17) is 9.47 Å². The molecule has 0 unspecified atom stereocenters. The van der Waals surface area contributed by atoms with Crippen LogP contribution in [0.15, 0.2) is 52.4 Å².